The topological polar surface area (TPSA) is 12.0 Å². The third-order valence-corrected chi connectivity index (χ3v) is 5.06. The highest BCUT2D eigenvalue weighted by molar-refractivity contribution is 9.11. The summed E-state index contributed by atoms with van der Waals surface area (Å²) in [4.78, 5) is 1.42. The van der Waals surface area contributed by atoms with E-state index in [0.29, 0.717) is 0 Å². The third kappa shape index (κ3) is 3.29. The predicted molar refractivity (Wildman–Crippen MR) is 91.4 cm³/mol. The lowest BCUT2D eigenvalue weighted by Crippen LogP contribution is -2.16. The van der Waals surface area contributed by atoms with Gasteiger partial charge in [-0.2, -0.15) is 0 Å². The molecule has 0 radical (unpaired) electrons. The van der Waals surface area contributed by atoms with Crippen molar-refractivity contribution in [3.05, 3.63) is 68.8 Å². The molecule has 0 unspecified atom stereocenters. The molecule has 1 heterocycles. The lowest BCUT2D eigenvalue weighted by Gasteiger charge is -2.07. The van der Waals surface area contributed by atoms with Crippen LogP contribution in [-0.2, 0) is 13.0 Å². The fourth-order valence-corrected chi connectivity index (χ4v) is 3.85. The summed E-state index contributed by atoms with van der Waals surface area (Å²) in [5, 5.41) is 6.21. The normalized spacial score (nSPS) is 11.1. The fraction of sp³-hybridized carbons (Fsp3) is 0.176. The highest BCUT2D eigenvalue weighted by atomic mass is 79.9. The first-order valence-corrected chi connectivity index (χ1v) is 8.35. The summed E-state index contributed by atoms with van der Waals surface area (Å²) >= 11 is 5.32. The molecule has 2 aromatic carbocycles. The largest absolute Gasteiger partial charge is 0.312 e. The monoisotopic (exact) mass is 345 g/mol. The summed E-state index contributed by atoms with van der Waals surface area (Å²) in [5.74, 6) is 0. The number of benzene rings is 2. The Morgan fingerprint density at radius 2 is 1.80 bits per heavy atom. The van der Waals surface area contributed by atoms with Crippen LogP contribution in [0.1, 0.15) is 10.4 Å². The van der Waals surface area contributed by atoms with Crippen LogP contribution in [0.3, 0.4) is 0 Å². The van der Waals surface area contributed by atoms with Gasteiger partial charge < -0.3 is 5.32 Å². The molecule has 3 rings (SSSR count). The zero-order valence-corrected chi connectivity index (χ0v) is 13.5. The van der Waals surface area contributed by atoms with Crippen molar-refractivity contribution < 1.29 is 0 Å². The Hall–Kier alpha value is -1.16. The van der Waals surface area contributed by atoms with E-state index in [-0.39, 0.29) is 0 Å². The lowest BCUT2D eigenvalue weighted by atomic mass is 10.0. The van der Waals surface area contributed by atoms with E-state index >= 15 is 0 Å². The molecule has 0 aliphatic carbocycles. The van der Waals surface area contributed by atoms with E-state index in [4.69, 9.17) is 0 Å². The molecule has 1 N–H and O–H groups in total. The molecule has 0 atom stereocenters. The van der Waals surface area contributed by atoms with Gasteiger partial charge in [-0.25, -0.2) is 0 Å². The molecule has 102 valence electrons. The quantitative estimate of drug-likeness (QED) is 0.642. The van der Waals surface area contributed by atoms with Crippen LogP contribution < -0.4 is 5.32 Å². The summed E-state index contributed by atoms with van der Waals surface area (Å²) in [6, 6.07) is 19.4. The summed E-state index contributed by atoms with van der Waals surface area (Å²) in [6.07, 6.45) is 1.08. The van der Waals surface area contributed by atoms with E-state index in [1.54, 1.807) is 0 Å². The van der Waals surface area contributed by atoms with Gasteiger partial charge in [-0.15, -0.1) is 11.3 Å². The first kappa shape index (κ1) is 13.8. The van der Waals surface area contributed by atoms with Gasteiger partial charge in [-0.05, 0) is 50.8 Å². The minimum Gasteiger partial charge on any atom is -0.312 e. The lowest BCUT2D eigenvalue weighted by molar-refractivity contribution is 0.693. The molecule has 20 heavy (non-hydrogen) atoms. The van der Waals surface area contributed by atoms with Crippen LogP contribution in [0, 0.1) is 0 Å². The average molecular weight is 346 g/mol. The number of thiophene rings is 1. The van der Waals surface area contributed by atoms with Crippen molar-refractivity contribution in [2.45, 2.75) is 13.0 Å². The van der Waals surface area contributed by atoms with Gasteiger partial charge in [-0.3, -0.25) is 0 Å². The molecule has 0 aliphatic heterocycles. The SMILES string of the molecule is Brc1ccc(CCNCc2cccc3ccccc23)s1. The van der Waals surface area contributed by atoms with Crippen molar-refractivity contribution in [1.82, 2.24) is 5.32 Å². The molecule has 3 heteroatoms. The smallest absolute Gasteiger partial charge is 0.0701 e. The van der Waals surface area contributed by atoms with E-state index in [1.807, 2.05) is 11.3 Å². The van der Waals surface area contributed by atoms with E-state index in [9.17, 15) is 0 Å². The summed E-state index contributed by atoms with van der Waals surface area (Å²) < 4.78 is 1.21. The summed E-state index contributed by atoms with van der Waals surface area (Å²) in [7, 11) is 0. The molecule has 0 saturated heterocycles. The van der Waals surface area contributed by atoms with Crippen molar-refractivity contribution in [2.75, 3.05) is 6.54 Å². The highest BCUT2D eigenvalue weighted by Gasteiger charge is 2.01. The number of rotatable bonds is 5. The molecule has 0 aliphatic rings. The molecule has 0 fully saturated rings. The molecule has 1 nitrogen and oxygen atoms in total. The number of hydrogen-bond donors (Lipinski definition) is 1. The number of nitrogens with one attached hydrogen (secondary N) is 1. The van der Waals surface area contributed by atoms with Crippen LogP contribution in [0.5, 0.6) is 0 Å². The zero-order valence-electron chi connectivity index (χ0n) is 11.1. The van der Waals surface area contributed by atoms with Crippen molar-refractivity contribution in [1.29, 1.82) is 0 Å². The van der Waals surface area contributed by atoms with Gasteiger partial charge in [-0.1, -0.05) is 42.5 Å². The number of hydrogen-bond acceptors (Lipinski definition) is 2. The Bertz CT molecular complexity index is 700. The zero-order chi connectivity index (χ0) is 13.8. The Morgan fingerprint density at radius 3 is 2.65 bits per heavy atom. The Morgan fingerprint density at radius 1 is 0.950 bits per heavy atom. The molecule has 0 amide bonds. The van der Waals surface area contributed by atoms with E-state index in [2.05, 4.69) is 75.8 Å². The van der Waals surface area contributed by atoms with Gasteiger partial charge in [0.05, 0.1) is 3.79 Å². The molecule has 3 aromatic rings. The first-order valence-electron chi connectivity index (χ1n) is 6.74. The van der Waals surface area contributed by atoms with Gasteiger partial charge >= 0.3 is 0 Å². The molecule has 1 aromatic heterocycles. The van der Waals surface area contributed by atoms with Gasteiger partial charge in [0.25, 0.3) is 0 Å². The maximum Gasteiger partial charge on any atom is 0.0701 e. The molecule has 0 spiro atoms. The second-order valence-corrected chi connectivity index (χ2v) is 7.32. The summed E-state index contributed by atoms with van der Waals surface area (Å²) in [5.41, 5.74) is 1.37. The second kappa shape index (κ2) is 6.53. The van der Waals surface area contributed by atoms with Gasteiger partial charge in [0.15, 0.2) is 0 Å². The predicted octanol–water partition coefficient (Wildman–Crippen LogP) is 5.00. The highest BCUT2D eigenvalue weighted by Crippen LogP contribution is 2.22. The Labute approximate surface area is 131 Å². The van der Waals surface area contributed by atoms with Crippen molar-refractivity contribution in [3.8, 4) is 0 Å². The average Bonchev–Trinajstić information content (AvgIpc) is 2.89. The maximum absolute atomic E-state index is 3.54. The van der Waals surface area contributed by atoms with Crippen LogP contribution in [0.25, 0.3) is 10.8 Å². The van der Waals surface area contributed by atoms with Crippen molar-refractivity contribution in [3.63, 3.8) is 0 Å². The van der Waals surface area contributed by atoms with Crippen LogP contribution in [0.2, 0.25) is 0 Å². The maximum atomic E-state index is 3.54. The minimum atomic E-state index is 0.925. The Balaban J connectivity index is 1.60. The summed E-state index contributed by atoms with van der Waals surface area (Å²) in [6.45, 7) is 1.93. The van der Waals surface area contributed by atoms with Crippen LogP contribution >= 0.6 is 27.3 Å². The van der Waals surface area contributed by atoms with Crippen LogP contribution in [-0.4, -0.2) is 6.54 Å². The molecule has 0 bridgehead atoms. The van der Waals surface area contributed by atoms with Gasteiger partial charge in [0.2, 0.25) is 0 Å². The van der Waals surface area contributed by atoms with Crippen LogP contribution in [0.4, 0.5) is 0 Å². The standard InChI is InChI=1S/C17H16BrNS/c18-17-9-8-15(20-17)10-11-19-12-14-6-3-5-13-4-1-2-7-16(13)14/h1-9,19H,10-12H2. The third-order valence-electron chi connectivity index (χ3n) is 3.37. The van der Waals surface area contributed by atoms with E-state index < -0.39 is 0 Å². The molecular weight excluding hydrogens is 330 g/mol. The van der Waals surface area contributed by atoms with E-state index in [0.717, 1.165) is 19.5 Å². The van der Waals surface area contributed by atoms with E-state index in [1.165, 1.54) is 25.0 Å². The number of fused-ring (bicyclic) bond motifs is 1. The minimum absolute atomic E-state index is 0.925. The molecular formula is C17H16BrNS. The van der Waals surface area contributed by atoms with Crippen LogP contribution in [0.15, 0.2) is 58.4 Å². The van der Waals surface area contributed by atoms with Gasteiger partial charge in [0, 0.05) is 18.0 Å². The second-order valence-electron chi connectivity index (χ2n) is 4.77. The molecule has 0 saturated carbocycles. The van der Waals surface area contributed by atoms with Crippen molar-refractivity contribution in [2.24, 2.45) is 0 Å². The van der Waals surface area contributed by atoms with Crippen molar-refractivity contribution >= 4 is 38.0 Å². The fourth-order valence-electron chi connectivity index (χ4n) is 2.37. The number of halogens is 1. The first-order chi connectivity index (χ1) is 9.83. The van der Waals surface area contributed by atoms with Gasteiger partial charge in [0.1, 0.15) is 0 Å². The Kier molecular flexibility index (Phi) is 4.51.